The third kappa shape index (κ3) is 4.38. The van der Waals surface area contributed by atoms with Crippen LogP contribution in [-0.2, 0) is 17.9 Å². The van der Waals surface area contributed by atoms with Crippen molar-refractivity contribution in [3.05, 3.63) is 60.2 Å². The van der Waals surface area contributed by atoms with Crippen LogP contribution in [0.4, 0.5) is 0 Å². The van der Waals surface area contributed by atoms with E-state index in [1.807, 2.05) is 30.3 Å². The van der Waals surface area contributed by atoms with Gasteiger partial charge in [-0.15, -0.1) is 5.10 Å². The summed E-state index contributed by atoms with van der Waals surface area (Å²) in [5, 5.41) is 12.4. The predicted octanol–water partition coefficient (Wildman–Crippen LogP) is 2.20. The highest BCUT2D eigenvalue weighted by molar-refractivity contribution is 5.87. The van der Waals surface area contributed by atoms with Crippen molar-refractivity contribution in [3.63, 3.8) is 0 Å². The highest BCUT2D eigenvalue weighted by atomic mass is 16.2. The molecule has 1 N–H and O–H groups in total. The average Bonchev–Trinajstić information content (AvgIpc) is 3.11. The Labute approximate surface area is 157 Å². The number of hydrogen-bond acceptors (Lipinski definition) is 5. The molecule has 4 rings (SSSR count). The van der Waals surface area contributed by atoms with E-state index in [-0.39, 0.29) is 12.5 Å². The molecule has 3 aromatic rings. The van der Waals surface area contributed by atoms with Crippen LogP contribution in [0.15, 0.2) is 59.7 Å². The summed E-state index contributed by atoms with van der Waals surface area (Å²) in [7, 11) is 0. The zero-order chi connectivity index (χ0) is 18.5. The second-order valence-corrected chi connectivity index (χ2v) is 6.71. The number of aromatic nitrogens is 3. The van der Waals surface area contributed by atoms with Crippen LogP contribution in [0.2, 0.25) is 0 Å². The molecule has 0 spiro atoms. The number of carbonyl (C=O) groups excluding carboxylic acids is 1. The van der Waals surface area contributed by atoms with Crippen LogP contribution in [0.3, 0.4) is 0 Å². The van der Waals surface area contributed by atoms with E-state index in [9.17, 15) is 4.79 Å². The molecule has 138 valence electrons. The first-order valence-electron chi connectivity index (χ1n) is 9.17. The molecule has 0 unspecified atom stereocenters. The summed E-state index contributed by atoms with van der Waals surface area (Å²) in [5.74, 6) is -0.190. The number of fused-ring (bicyclic) bond motifs is 1. The van der Waals surface area contributed by atoms with Gasteiger partial charge in [0.15, 0.2) is 0 Å². The van der Waals surface area contributed by atoms with Gasteiger partial charge in [0, 0.05) is 38.2 Å². The van der Waals surface area contributed by atoms with Gasteiger partial charge in [-0.05, 0) is 17.7 Å². The summed E-state index contributed by atoms with van der Waals surface area (Å²) in [6.07, 6.45) is 1.75. The molecular formula is C20H22N6O. The molecule has 27 heavy (non-hydrogen) atoms. The number of nitrogens with zero attached hydrogens (tertiary/aromatic N) is 5. The number of hydrazone groups is 1. The monoisotopic (exact) mass is 362 g/mol. The summed E-state index contributed by atoms with van der Waals surface area (Å²) >= 11 is 0. The Morgan fingerprint density at radius 1 is 1.04 bits per heavy atom. The maximum atomic E-state index is 12.2. The predicted molar refractivity (Wildman–Crippen MR) is 104 cm³/mol. The lowest BCUT2D eigenvalue weighted by Gasteiger charge is -2.27. The van der Waals surface area contributed by atoms with E-state index in [4.69, 9.17) is 0 Å². The summed E-state index contributed by atoms with van der Waals surface area (Å²) in [6.45, 7) is 2.98. The summed E-state index contributed by atoms with van der Waals surface area (Å²) in [6, 6.07) is 18.1. The fourth-order valence-electron chi connectivity index (χ4n) is 3.27. The number of rotatable bonds is 5. The number of hydrogen-bond donors (Lipinski definition) is 1. The Kier molecular flexibility index (Phi) is 5.20. The van der Waals surface area contributed by atoms with Gasteiger partial charge in [-0.2, -0.15) is 5.10 Å². The molecule has 1 aromatic heterocycles. The molecular weight excluding hydrogens is 340 g/mol. The van der Waals surface area contributed by atoms with Gasteiger partial charge < -0.3 is 0 Å². The minimum Gasteiger partial charge on any atom is -0.298 e. The topological polar surface area (TPSA) is 75.4 Å². The molecule has 0 bridgehead atoms. The molecule has 7 nitrogen and oxygen atoms in total. The lowest BCUT2D eigenvalue weighted by Crippen LogP contribution is -2.34. The first kappa shape index (κ1) is 17.4. The number of para-hydroxylation sites is 1. The van der Waals surface area contributed by atoms with Gasteiger partial charge >= 0.3 is 0 Å². The number of piperidine rings is 1. The van der Waals surface area contributed by atoms with Crippen molar-refractivity contribution in [1.29, 1.82) is 0 Å². The van der Waals surface area contributed by atoms with Gasteiger partial charge in [-0.25, -0.2) is 10.1 Å². The quantitative estimate of drug-likeness (QED) is 0.706. The molecule has 2 heterocycles. The molecule has 1 aliphatic rings. The lowest BCUT2D eigenvalue weighted by molar-refractivity contribution is -0.121. The van der Waals surface area contributed by atoms with E-state index in [1.54, 1.807) is 4.68 Å². The van der Waals surface area contributed by atoms with E-state index in [1.165, 1.54) is 5.56 Å². The van der Waals surface area contributed by atoms with Crippen molar-refractivity contribution in [2.75, 3.05) is 13.1 Å². The van der Waals surface area contributed by atoms with E-state index in [0.29, 0.717) is 0 Å². The van der Waals surface area contributed by atoms with Crippen molar-refractivity contribution >= 4 is 22.7 Å². The minimum atomic E-state index is -0.190. The van der Waals surface area contributed by atoms with Crippen LogP contribution in [0, 0.1) is 0 Å². The lowest BCUT2D eigenvalue weighted by atomic mass is 10.1. The van der Waals surface area contributed by atoms with Crippen LogP contribution in [-0.4, -0.2) is 44.6 Å². The van der Waals surface area contributed by atoms with E-state index < -0.39 is 0 Å². The Hall–Kier alpha value is -3.06. The van der Waals surface area contributed by atoms with Crippen molar-refractivity contribution in [1.82, 2.24) is 25.3 Å². The average molecular weight is 362 g/mol. The maximum Gasteiger partial charge on any atom is 0.261 e. The highest BCUT2D eigenvalue weighted by Gasteiger charge is 2.16. The third-order valence-corrected chi connectivity index (χ3v) is 4.73. The van der Waals surface area contributed by atoms with E-state index in [2.05, 4.69) is 50.0 Å². The summed E-state index contributed by atoms with van der Waals surface area (Å²) in [5.41, 5.74) is 6.65. The van der Waals surface area contributed by atoms with Gasteiger partial charge in [0.05, 0.1) is 5.52 Å². The van der Waals surface area contributed by atoms with Crippen molar-refractivity contribution < 1.29 is 4.79 Å². The highest BCUT2D eigenvalue weighted by Crippen LogP contribution is 2.12. The standard InChI is InChI=1S/C20H22N6O/c27-20(15-26-19-9-5-4-8-18(19)22-24-26)23-21-17-10-12-25(13-11-17)14-16-6-2-1-3-7-16/h1-9H,10-15H2,(H,23,27). The van der Waals surface area contributed by atoms with Crippen LogP contribution in [0.5, 0.6) is 0 Å². The SMILES string of the molecule is O=C(Cn1nnc2ccccc21)NN=C1CCN(Cc2ccccc2)CC1. The van der Waals surface area contributed by atoms with Crippen molar-refractivity contribution in [2.45, 2.75) is 25.9 Å². The van der Waals surface area contributed by atoms with Gasteiger partial charge in [0.25, 0.3) is 5.91 Å². The minimum absolute atomic E-state index is 0.109. The summed E-state index contributed by atoms with van der Waals surface area (Å²) < 4.78 is 1.59. The van der Waals surface area contributed by atoms with Gasteiger partial charge in [0.1, 0.15) is 12.1 Å². The Morgan fingerprint density at radius 2 is 1.78 bits per heavy atom. The number of amides is 1. The first-order chi connectivity index (χ1) is 13.3. The Balaban J connectivity index is 1.27. The number of carbonyl (C=O) groups is 1. The number of likely N-dealkylation sites (tertiary alicyclic amines) is 1. The number of nitrogens with one attached hydrogen (secondary N) is 1. The van der Waals surface area contributed by atoms with Gasteiger partial charge in [-0.1, -0.05) is 47.7 Å². The normalized spacial score (nSPS) is 15.0. The van der Waals surface area contributed by atoms with Crippen molar-refractivity contribution in [3.8, 4) is 0 Å². The molecule has 0 atom stereocenters. The molecule has 0 saturated carbocycles. The molecule has 0 radical (unpaired) electrons. The largest absolute Gasteiger partial charge is 0.298 e. The Morgan fingerprint density at radius 3 is 2.59 bits per heavy atom. The van der Waals surface area contributed by atoms with E-state index in [0.717, 1.165) is 49.2 Å². The van der Waals surface area contributed by atoms with Crippen LogP contribution in [0.25, 0.3) is 11.0 Å². The zero-order valence-electron chi connectivity index (χ0n) is 15.1. The maximum absolute atomic E-state index is 12.2. The van der Waals surface area contributed by atoms with Crippen molar-refractivity contribution in [2.24, 2.45) is 5.10 Å². The Bertz CT molecular complexity index is 939. The second-order valence-electron chi connectivity index (χ2n) is 6.71. The van der Waals surface area contributed by atoms with Crippen LogP contribution in [0.1, 0.15) is 18.4 Å². The summed E-state index contributed by atoms with van der Waals surface area (Å²) in [4.78, 5) is 14.6. The zero-order valence-corrected chi connectivity index (χ0v) is 15.1. The number of benzene rings is 2. The molecule has 0 aliphatic carbocycles. The molecule has 1 saturated heterocycles. The second kappa shape index (κ2) is 8.09. The van der Waals surface area contributed by atoms with Gasteiger partial charge in [-0.3, -0.25) is 9.69 Å². The smallest absolute Gasteiger partial charge is 0.261 e. The molecule has 2 aromatic carbocycles. The molecule has 1 aliphatic heterocycles. The van der Waals surface area contributed by atoms with Crippen LogP contribution < -0.4 is 5.43 Å². The molecule has 1 fully saturated rings. The van der Waals surface area contributed by atoms with Gasteiger partial charge in [0.2, 0.25) is 0 Å². The van der Waals surface area contributed by atoms with Crippen LogP contribution >= 0.6 is 0 Å². The molecule has 7 heteroatoms. The first-order valence-corrected chi connectivity index (χ1v) is 9.17. The van der Waals surface area contributed by atoms with E-state index >= 15 is 0 Å². The fourth-order valence-corrected chi connectivity index (χ4v) is 3.27. The molecule has 1 amide bonds. The third-order valence-electron chi connectivity index (χ3n) is 4.73. The fraction of sp³-hybridized carbons (Fsp3) is 0.300.